The van der Waals surface area contributed by atoms with E-state index in [4.69, 9.17) is 5.73 Å². The number of benzene rings is 1. The van der Waals surface area contributed by atoms with Crippen molar-refractivity contribution >= 4 is 9.84 Å². The quantitative estimate of drug-likeness (QED) is 0.927. The van der Waals surface area contributed by atoms with E-state index in [1.165, 1.54) is 18.2 Å². The van der Waals surface area contributed by atoms with Gasteiger partial charge in [-0.2, -0.15) is 0 Å². The van der Waals surface area contributed by atoms with Crippen molar-refractivity contribution in [1.82, 2.24) is 0 Å². The molecule has 19 heavy (non-hydrogen) atoms. The Kier molecular flexibility index (Phi) is 4.26. The zero-order valence-corrected chi connectivity index (χ0v) is 11.9. The minimum Gasteiger partial charge on any atom is -0.330 e. The maximum absolute atomic E-state index is 13.8. The molecule has 5 heteroatoms. The van der Waals surface area contributed by atoms with E-state index in [0.717, 1.165) is 12.8 Å². The zero-order chi connectivity index (χ0) is 14.0. The second kappa shape index (κ2) is 5.59. The fourth-order valence-electron chi connectivity index (χ4n) is 2.88. The van der Waals surface area contributed by atoms with Gasteiger partial charge in [0.25, 0.3) is 0 Å². The first-order chi connectivity index (χ1) is 8.96. The smallest absolute Gasteiger partial charge is 0.184 e. The van der Waals surface area contributed by atoms with Crippen LogP contribution in [0.15, 0.2) is 29.2 Å². The van der Waals surface area contributed by atoms with Crippen LogP contribution in [0.3, 0.4) is 0 Å². The van der Waals surface area contributed by atoms with Gasteiger partial charge in [0.05, 0.1) is 5.25 Å². The molecular formula is C14H20FNO2S. The molecule has 1 saturated carbocycles. The van der Waals surface area contributed by atoms with Crippen molar-refractivity contribution in [1.29, 1.82) is 0 Å². The van der Waals surface area contributed by atoms with E-state index in [0.29, 0.717) is 18.9 Å². The topological polar surface area (TPSA) is 60.2 Å². The molecule has 1 aromatic rings. The standard InChI is InChI=1S/C14H20FNO2S/c1-10-6-7-11(9-16)14(8-10)19(17,18)13-5-3-2-4-12(13)15/h2-5,10-11,14H,6-9,16H2,1H3. The highest BCUT2D eigenvalue weighted by molar-refractivity contribution is 7.92. The first-order valence-electron chi connectivity index (χ1n) is 6.65. The van der Waals surface area contributed by atoms with Gasteiger partial charge in [-0.1, -0.05) is 25.5 Å². The van der Waals surface area contributed by atoms with Crippen molar-refractivity contribution in [2.75, 3.05) is 6.54 Å². The van der Waals surface area contributed by atoms with Crippen molar-refractivity contribution in [3.05, 3.63) is 30.1 Å². The van der Waals surface area contributed by atoms with Gasteiger partial charge in [-0.15, -0.1) is 0 Å². The van der Waals surface area contributed by atoms with E-state index in [1.54, 1.807) is 6.07 Å². The second-order valence-corrected chi connectivity index (χ2v) is 7.56. The first-order valence-corrected chi connectivity index (χ1v) is 8.20. The molecular weight excluding hydrogens is 265 g/mol. The summed E-state index contributed by atoms with van der Waals surface area (Å²) in [4.78, 5) is -0.187. The molecule has 0 aliphatic heterocycles. The summed E-state index contributed by atoms with van der Waals surface area (Å²) in [6.45, 7) is 2.38. The lowest BCUT2D eigenvalue weighted by Gasteiger charge is -2.33. The highest BCUT2D eigenvalue weighted by Gasteiger charge is 2.39. The predicted molar refractivity (Wildman–Crippen MR) is 72.9 cm³/mol. The number of hydrogen-bond donors (Lipinski definition) is 1. The molecule has 106 valence electrons. The van der Waals surface area contributed by atoms with Gasteiger partial charge in [-0.3, -0.25) is 0 Å². The number of rotatable bonds is 3. The van der Waals surface area contributed by atoms with Crippen LogP contribution < -0.4 is 5.73 Å². The summed E-state index contributed by atoms with van der Waals surface area (Å²) < 4.78 is 39.0. The van der Waals surface area contributed by atoms with Gasteiger partial charge in [0, 0.05) is 0 Å². The minimum atomic E-state index is -3.64. The van der Waals surface area contributed by atoms with E-state index >= 15 is 0 Å². The Morgan fingerprint density at radius 3 is 2.63 bits per heavy atom. The molecule has 0 aromatic heterocycles. The molecule has 3 nitrogen and oxygen atoms in total. The Balaban J connectivity index is 2.40. The van der Waals surface area contributed by atoms with Crippen molar-refractivity contribution in [3.63, 3.8) is 0 Å². The molecule has 2 N–H and O–H groups in total. The van der Waals surface area contributed by atoms with E-state index in [-0.39, 0.29) is 10.8 Å². The fourth-order valence-corrected chi connectivity index (χ4v) is 5.15. The van der Waals surface area contributed by atoms with Gasteiger partial charge in [0.15, 0.2) is 9.84 Å². The average molecular weight is 285 g/mol. The van der Waals surface area contributed by atoms with Gasteiger partial charge in [0.1, 0.15) is 10.7 Å². The largest absolute Gasteiger partial charge is 0.330 e. The van der Waals surface area contributed by atoms with Crippen LogP contribution in [0.25, 0.3) is 0 Å². The third kappa shape index (κ3) is 2.82. The maximum atomic E-state index is 13.8. The van der Waals surface area contributed by atoms with Crippen molar-refractivity contribution in [2.45, 2.75) is 36.3 Å². The fraction of sp³-hybridized carbons (Fsp3) is 0.571. The summed E-state index contributed by atoms with van der Waals surface area (Å²) in [6.07, 6.45) is 2.36. The van der Waals surface area contributed by atoms with E-state index < -0.39 is 20.9 Å². The summed E-state index contributed by atoms with van der Waals surface area (Å²) >= 11 is 0. The molecule has 0 amide bonds. The molecule has 1 aliphatic carbocycles. The molecule has 0 heterocycles. The Hall–Kier alpha value is -0.940. The molecule has 1 aromatic carbocycles. The van der Waals surface area contributed by atoms with Gasteiger partial charge in [0.2, 0.25) is 0 Å². The highest BCUT2D eigenvalue weighted by Crippen LogP contribution is 2.36. The molecule has 2 rings (SSSR count). The monoisotopic (exact) mass is 285 g/mol. The van der Waals surface area contributed by atoms with Gasteiger partial charge in [-0.05, 0) is 43.4 Å². The Morgan fingerprint density at radius 1 is 1.32 bits per heavy atom. The Morgan fingerprint density at radius 2 is 2.00 bits per heavy atom. The number of hydrogen-bond acceptors (Lipinski definition) is 3. The van der Waals surface area contributed by atoms with Gasteiger partial charge < -0.3 is 5.73 Å². The third-order valence-corrected chi connectivity index (χ3v) is 6.35. The average Bonchev–Trinajstić information content (AvgIpc) is 2.39. The summed E-state index contributed by atoms with van der Waals surface area (Å²) in [5.74, 6) is -0.397. The predicted octanol–water partition coefficient (Wildman–Crippen LogP) is 2.36. The molecule has 0 bridgehead atoms. The molecule has 0 spiro atoms. The van der Waals surface area contributed by atoms with Crippen LogP contribution in [0.4, 0.5) is 4.39 Å². The van der Waals surface area contributed by atoms with Crippen LogP contribution in [-0.4, -0.2) is 20.2 Å². The third-order valence-electron chi connectivity index (χ3n) is 4.04. The lowest BCUT2D eigenvalue weighted by atomic mass is 9.82. The van der Waals surface area contributed by atoms with Crippen LogP contribution in [0.5, 0.6) is 0 Å². The highest BCUT2D eigenvalue weighted by atomic mass is 32.2. The lowest BCUT2D eigenvalue weighted by molar-refractivity contribution is 0.296. The SMILES string of the molecule is CC1CCC(CN)C(S(=O)(=O)c2ccccc2F)C1. The van der Waals surface area contributed by atoms with Crippen molar-refractivity contribution in [2.24, 2.45) is 17.6 Å². The van der Waals surface area contributed by atoms with Crippen LogP contribution in [0, 0.1) is 17.7 Å². The van der Waals surface area contributed by atoms with E-state index in [2.05, 4.69) is 0 Å². The lowest BCUT2D eigenvalue weighted by Crippen LogP contribution is -2.39. The Labute approximate surface area is 113 Å². The molecule has 0 radical (unpaired) electrons. The second-order valence-electron chi connectivity index (χ2n) is 5.43. The van der Waals surface area contributed by atoms with Crippen LogP contribution >= 0.6 is 0 Å². The molecule has 1 aliphatic rings. The molecule has 3 unspecified atom stereocenters. The number of sulfone groups is 1. The summed E-state index contributed by atoms with van der Waals surface area (Å²) in [7, 11) is -3.64. The van der Waals surface area contributed by atoms with Gasteiger partial charge >= 0.3 is 0 Å². The molecule has 3 atom stereocenters. The summed E-state index contributed by atoms with van der Waals surface area (Å²) in [5, 5.41) is -0.557. The molecule has 1 fully saturated rings. The van der Waals surface area contributed by atoms with Gasteiger partial charge in [-0.25, -0.2) is 12.8 Å². The number of nitrogens with two attached hydrogens (primary N) is 1. The minimum absolute atomic E-state index is 0.0687. The summed E-state index contributed by atoms with van der Waals surface area (Å²) in [5.41, 5.74) is 5.69. The van der Waals surface area contributed by atoms with Crippen molar-refractivity contribution in [3.8, 4) is 0 Å². The maximum Gasteiger partial charge on any atom is 0.184 e. The Bertz CT molecular complexity index is 544. The summed E-state index contributed by atoms with van der Waals surface area (Å²) in [6, 6.07) is 5.59. The molecule has 0 saturated heterocycles. The normalized spacial score (nSPS) is 28.3. The zero-order valence-electron chi connectivity index (χ0n) is 11.0. The van der Waals surface area contributed by atoms with Crippen LogP contribution in [0.2, 0.25) is 0 Å². The van der Waals surface area contributed by atoms with E-state index in [9.17, 15) is 12.8 Å². The first kappa shape index (κ1) is 14.5. The van der Waals surface area contributed by atoms with E-state index in [1.807, 2.05) is 6.92 Å². The number of halogens is 1. The van der Waals surface area contributed by atoms with Crippen molar-refractivity contribution < 1.29 is 12.8 Å². The van der Waals surface area contributed by atoms with Crippen LogP contribution in [-0.2, 0) is 9.84 Å². The van der Waals surface area contributed by atoms with Crippen LogP contribution in [0.1, 0.15) is 26.2 Å².